The molecule has 3 rings (SSSR count). The number of aromatic amines is 1. The minimum Gasteiger partial charge on any atom is -0.396 e. The maximum Gasteiger partial charge on any atom is 0.259 e. The predicted molar refractivity (Wildman–Crippen MR) is 102 cm³/mol. The van der Waals surface area contributed by atoms with Crippen molar-refractivity contribution < 1.29 is 9.50 Å². The summed E-state index contributed by atoms with van der Waals surface area (Å²) >= 11 is 0. The molecule has 4 nitrogen and oxygen atoms in total. The first-order chi connectivity index (χ1) is 12.3. The van der Waals surface area contributed by atoms with Gasteiger partial charge in [-0.15, -0.1) is 0 Å². The van der Waals surface area contributed by atoms with Crippen molar-refractivity contribution in [3.63, 3.8) is 0 Å². The molecule has 0 aliphatic carbocycles. The van der Waals surface area contributed by atoms with Crippen molar-refractivity contribution in [2.75, 3.05) is 6.61 Å². The van der Waals surface area contributed by atoms with E-state index >= 15 is 0 Å². The quantitative estimate of drug-likeness (QED) is 0.725. The summed E-state index contributed by atoms with van der Waals surface area (Å²) in [5.74, 6) is 0.0291. The molecule has 0 bridgehead atoms. The maximum atomic E-state index is 13.5. The summed E-state index contributed by atoms with van der Waals surface area (Å²) in [6, 6.07) is 10.5. The molecular formula is C21H23FN2O2. The predicted octanol–water partition coefficient (Wildman–Crippen LogP) is 4.09. The molecule has 26 heavy (non-hydrogen) atoms. The molecule has 0 saturated heterocycles. The minimum atomic E-state index is -0.440. The molecule has 2 N–H and O–H groups in total. The summed E-state index contributed by atoms with van der Waals surface area (Å²) in [7, 11) is 0. The van der Waals surface area contributed by atoms with E-state index in [4.69, 9.17) is 5.11 Å². The SMILES string of the molecule is Cc1cc(F)cc2c(=O)[nH]c(-c3ccc(C(C)(C)CCCO)cc3)nc12. The Bertz CT molecular complexity index is 991. The van der Waals surface area contributed by atoms with E-state index in [-0.39, 0.29) is 23.0 Å². The standard InChI is InChI=1S/C21H23FN2O2/c1-13-11-16(22)12-17-18(13)23-19(24-20(17)26)14-5-7-15(8-6-14)21(2,3)9-4-10-25/h5-8,11-12,25H,4,9-10H2,1-3H3,(H,23,24,26). The van der Waals surface area contributed by atoms with Gasteiger partial charge in [-0.3, -0.25) is 4.79 Å². The molecule has 0 spiro atoms. The Balaban J connectivity index is 2.01. The number of hydrogen-bond donors (Lipinski definition) is 2. The third-order valence-electron chi connectivity index (χ3n) is 4.87. The van der Waals surface area contributed by atoms with Gasteiger partial charge < -0.3 is 10.1 Å². The van der Waals surface area contributed by atoms with Crippen LogP contribution in [-0.4, -0.2) is 21.7 Å². The summed E-state index contributed by atoms with van der Waals surface area (Å²) < 4.78 is 13.5. The van der Waals surface area contributed by atoms with Gasteiger partial charge in [0.05, 0.1) is 10.9 Å². The number of H-pyrrole nitrogens is 1. The Morgan fingerprint density at radius 2 is 1.88 bits per heavy atom. The van der Waals surface area contributed by atoms with Crippen LogP contribution in [0, 0.1) is 12.7 Å². The second kappa shape index (κ2) is 7.00. The van der Waals surface area contributed by atoms with Crippen molar-refractivity contribution in [2.24, 2.45) is 0 Å². The first-order valence-corrected chi connectivity index (χ1v) is 8.74. The molecule has 0 atom stereocenters. The smallest absolute Gasteiger partial charge is 0.259 e. The summed E-state index contributed by atoms with van der Waals surface area (Å²) in [5.41, 5.74) is 2.72. The van der Waals surface area contributed by atoms with Gasteiger partial charge >= 0.3 is 0 Å². The first-order valence-electron chi connectivity index (χ1n) is 8.74. The summed E-state index contributed by atoms with van der Waals surface area (Å²) in [5, 5.41) is 9.31. The van der Waals surface area contributed by atoms with Crippen molar-refractivity contribution in [1.82, 2.24) is 9.97 Å². The van der Waals surface area contributed by atoms with Crippen LogP contribution < -0.4 is 5.56 Å². The number of nitrogens with zero attached hydrogens (tertiary/aromatic N) is 1. The third-order valence-corrected chi connectivity index (χ3v) is 4.87. The Morgan fingerprint density at radius 3 is 2.54 bits per heavy atom. The highest BCUT2D eigenvalue weighted by molar-refractivity contribution is 5.82. The Morgan fingerprint density at radius 1 is 1.19 bits per heavy atom. The van der Waals surface area contributed by atoms with Crippen LogP contribution in [0.4, 0.5) is 4.39 Å². The van der Waals surface area contributed by atoms with E-state index < -0.39 is 5.82 Å². The lowest BCUT2D eigenvalue weighted by atomic mass is 9.80. The second-order valence-electron chi connectivity index (χ2n) is 7.32. The molecule has 0 saturated carbocycles. The van der Waals surface area contributed by atoms with E-state index in [2.05, 4.69) is 23.8 Å². The van der Waals surface area contributed by atoms with Crippen LogP contribution in [0.1, 0.15) is 37.8 Å². The summed E-state index contributed by atoms with van der Waals surface area (Å²) in [6.45, 7) is 6.22. The van der Waals surface area contributed by atoms with E-state index in [0.29, 0.717) is 16.9 Å². The molecule has 0 amide bonds. The van der Waals surface area contributed by atoms with Gasteiger partial charge in [0.25, 0.3) is 5.56 Å². The van der Waals surface area contributed by atoms with E-state index in [1.807, 2.05) is 24.3 Å². The number of rotatable bonds is 5. The van der Waals surface area contributed by atoms with Crippen molar-refractivity contribution in [1.29, 1.82) is 0 Å². The fourth-order valence-corrected chi connectivity index (χ4v) is 3.25. The van der Waals surface area contributed by atoms with Gasteiger partial charge in [-0.1, -0.05) is 38.1 Å². The fourth-order valence-electron chi connectivity index (χ4n) is 3.25. The van der Waals surface area contributed by atoms with E-state index in [9.17, 15) is 9.18 Å². The van der Waals surface area contributed by atoms with Crippen LogP contribution in [0.15, 0.2) is 41.2 Å². The fraction of sp³-hybridized carbons (Fsp3) is 0.333. The average molecular weight is 354 g/mol. The Hall–Kier alpha value is -2.53. The lowest BCUT2D eigenvalue weighted by Crippen LogP contribution is -2.17. The number of halogens is 1. The normalized spacial score (nSPS) is 11.9. The molecule has 0 radical (unpaired) electrons. The zero-order chi connectivity index (χ0) is 18.9. The molecule has 5 heteroatoms. The summed E-state index contributed by atoms with van der Waals surface area (Å²) in [4.78, 5) is 19.6. The van der Waals surface area contributed by atoms with Gasteiger partial charge in [-0.2, -0.15) is 0 Å². The largest absolute Gasteiger partial charge is 0.396 e. The Kier molecular flexibility index (Phi) is 4.92. The second-order valence-corrected chi connectivity index (χ2v) is 7.32. The van der Waals surface area contributed by atoms with Crippen LogP contribution in [0.2, 0.25) is 0 Å². The number of aliphatic hydroxyl groups is 1. The highest BCUT2D eigenvalue weighted by atomic mass is 19.1. The van der Waals surface area contributed by atoms with Crippen molar-refractivity contribution in [3.05, 3.63) is 63.7 Å². The number of aryl methyl sites for hydroxylation is 1. The van der Waals surface area contributed by atoms with E-state index in [1.165, 1.54) is 12.1 Å². The van der Waals surface area contributed by atoms with Crippen LogP contribution in [0.5, 0.6) is 0 Å². The van der Waals surface area contributed by atoms with Crippen molar-refractivity contribution >= 4 is 10.9 Å². The molecule has 0 fully saturated rings. The van der Waals surface area contributed by atoms with Crippen molar-refractivity contribution in [2.45, 2.75) is 39.0 Å². The van der Waals surface area contributed by atoms with Gasteiger partial charge in [0.2, 0.25) is 0 Å². The molecule has 1 aromatic heterocycles. The van der Waals surface area contributed by atoms with Crippen LogP contribution in [-0.2, 0) is 5.41 Å². The van der Waals surface area contributed by atoms with Gasteiger partial charge in [0, 0.05) is 12.2 Å². The topological polar surface area (TPSA) is 66.0 Å². The average Bonchev–Trinajstić information content (AvgIpc) is 2.61. The van der Waals surface area contributed by atoms with Gasteiger partial charge in [0.15, 0.2) is 0 Å². The minimum absolute atomic E-state index is 0.0421. The van der Waals surface area contributed by atoms with Gasteiger partial charge in [0.1, 0.15) is 11.6 Å². The maximum absolute atomic E-state index is 13.5. The van der Waals surface area contributed by atoms with E-state index in [1.54, 1.807) is 6.92 Å². The molecule has 0 aliphatic rings. The van der Waals surface area contributed by atoms with E-state index in [0.717, 1.165) is 24.0 Å². The number of benzene rings is 2. The van der Waals surface area contributed by atoms with Crippen LogP contribution in [0.25, 0.3) is 22.3 Å². The van der Waals surface area contributed by atoms with Gasteiger partial charge in [-0.05, 0) is 48.4 Å². The Labute approximate surface area is 151 Å². The molecular weight excluding hydrogens is 331 g/mol. The monoisotopic (exact) mass is 354 g/mol. The molecule has 2 aromatic carbocycles. The molecule has 0 aliphatic heterocycles. The number of fused-ring (bicyclic) bond motifs is 1. The third kappa shape index (κ3) is 3.53. The number of nitrogens with one attached hydrogen (secondary N) is 1. The lowest BCUT2D eigenvalue weighted by molar-refractivity contribution is 0.268. The number of aromatic nitrogens is 2. The highest BCUT2D eigenvalue weighted by Gasteiger charge is 2.20. The van der Waals surface area contributed by atoms with Gasteiger partial charge in [-0.25, -0.2) is 9.37 Å². The molecule has 1 heterocycles. The zero-order valence-corrected chi connectivity index (χ0v) is 15.3. The molecule has 136 valence electrons. The molecule has 3 aromatic rings. The van der Waals surface area contributed by atoms with Crippen LogP contribution >= 0.6 is 0 Å². The lowest BCUT2D eigenvalue weighted by Gasteiger charge is -2.25. The molecule has 0 unspecified atom stereocenters. The first kappa shape index (κ1) is 18.3. The number of aliphatic hydroxyl groups excluding tert-OH is 1. The highest BCUT2D eigenvalue weighted by Crippen LogP contribution is 2.30. The zero-order valence-electron chi connectivity index (χ0n) is 15.3. The van der Waals surface area contributed by atoms with Crippen molar-refractivity contribution in [3.8, 4) is 11.4 Å². The number of hydrogen-bond acceptors (Lipinski definition) is 3. The summed E-state index contributed by atoms with van der Waals surface area (Å²) in [6.07, 6.45) is 1.64. The van der Waals surface area contributed by atoms with Crippen LogP contribution in [0.3, 0.4) is 0 Å².